The van der Waals surface area contributed by atoms with Crippen LogP contribution in [0, 0.1) is 11.6 Å². The molecule has 1 rings (SSSR count). The van der Waals surface area contributed by atoms with Crippen molar-refractivity contribution in [3.63, 3.8) is 0 Å². The zero-order valence-corrected chi connectivity index (χ0v) is 9.44. The van der Waals surface area contributed by atoms with Gasteiger partial charge in [0.2, 0.25) is 0 Å². The van der Waals surface area contributed by atoms with Crippen molar-refractivity contribution in [3.05, 3.63) is 29.3 Å². The summed E-state index contributed by atoms with van der Waals surface area (Å²) in [5.41, 5.74) is 5.94. The quantitative estimate of drug-likeness (QED) is 0.818. The summed E-state index contributed by atoms with van der Waals surface area (Å²) >= 11 is 0. The van der Waals surface area contributed by atoms with E-state index in [1.807, 2.05) is 0 Å². The van der Waals surface area contributed by atoms with Crippen LogP contribution >= 0.6 is 0 Å². The first-order valence-corrected chi connectivity index (χ1v) is 4.69. The Bertz CT molecular complexity index is 368. The lowest BCUT2D eigenvalue weighted by molar-refractivity contribution is 0.494. The number of anilines is 1. The fourth-order valence-electron chi connectivity index (χ4n) is 1.27. The summed E-state index contributed by atoms with van der Waals surface area (Å²) in [6.07, 6.45) is 0. The molecular formula is C11H16F2N2. The number of rotatable bonds is 2. The van der Waals surface area contributed by atoms with Gasteiger partial charge in [0.05, 0.1) is 5.69 Å². The van der Waals surface area contributed by atoms with Gasteiger partial charge in [-0.2, -0.15) is 0 Å². The molecule has 2 nitrogen and oxygen atoms in total. The number of hydrogen-bond donors (Lipinski definition) is 1. The van der Waals surface area contributed by atoms with Crippen molar-refractivity contribution in [1.82, 2.24) is 0 Å². The summed E-state index contributed by atoms with van der Waals surface area (Å²) in [6, 6.07) is 2.71. The van der Waals surface area contributed by atoms with E-state index in [0.717, 1.165) is 6.07 Å². The van der Waals surface area contributed by atoms with Crippen LogP contribution in [0.2, 0.25) is 0 Å². The second-order valence-electron chi connectivity index (χ2n) is 4.41. The molecule has 0 atom stereocenters. The van der Waals surface area contributed by atoms with Crippen LogP contribution in [0.3, 0.4) is 0 Å². The van der Waals surface area contributed by atoms with E-state index < -0.39 is 17.2 Å². The maximum atomic E-state index is 13.4. The maximum absolute atomic E-state index is 13.4. The van der Waals surface area contributed by atoms with Gasteiger partial charge in [-0.05, 0) is 31.5 Å². The monoisotopic (exact) mass is 214 g/mol. The summed E-state index contributed by atoms with van der Waals surface area (Å²) in [4.78, 5) is 1.52. The molecule has 0 unspecified atom stereocenters. The van der Waals surface area contributed by atoms with Crippen LogP contribution in [-0.4, -0.2) is 14.1 Å². The third kappa shape index (κ3) is 2.45. The van der Waals surface area contributed by atoms with Crippen LogP contribution in [0.15, 0.2) is 12.1 Å². The fourth-order valence-corrected chi connectivity index (χ4v) is 1.27. The van der Waals surface area contributed by atoms with E-state index in [1.165, 1.54) is 4.90 Å². The van der Waals surface area contributed by atoms with Crippen molar-refractivity contribution in [1.29, 1.82) is 0 Å². The van der Waals surface area contributed by atoms with Gasteiger partial charge in [-0.1, -0.05) is 0 Å². The van der Waals surface area contributed by atoms with Gasteiger partial charge in [0.15, 0.2) is 11.6 Å². The first-order valence-electron chi connectivity index (χ1n) is 4.69. The van der Waals surface area contributed by atoms with E-state index in [1.54, 1.807) is 34.0 Å². The predicted molar refractivity (Wildman–Crippen MR) is 57.9 cm³/mol. The minimum absolute atomic E-state index is 0.212. The summed E-state index contributed by atoms with van der Waals surface area (Å²) in [5, 5.41) is 0. The van der Waals surface area contributed by atoms with Crippen LogP contribution in [0.4, 0.5) is 14.5 Å². The van der Waals surface area contributed by atoms with Crippen LogP contribution in [0.25, 0.3) is 0 Å². The second-order valence-corrected chi connectivity index (χ2v) is 4.41. The standard InChI is InChI=1S/C11H16F2N2/c1-11(2,14)7-5-8(12)10(13)9(6-7)15(3)4/h5-6H,14H2,1-4H3. The molecule has 0 aliphatic heterocycles. The van der Waals surface area contributed by atoms with Gasteiger partial charge in [0.25, 0.3) is 0 Å². The smallest absolute Gasteiger partial charge is 0.182 e. The highest BCUT2D eigenvalue weighted by molar-refractivity contribution is 5.50. The van der Waals surface area contributed by atoms with Crippen molar-refractivity contribution in [2.45, 2.75) is 19.4 Å². The third-order valence-corrected chi connectivity index (χ3v) is 2.23. The van der Waals surface area contributed by atoms with Gasteiger partial charge in [0, 0.05) is 19.6 Å². The molecule has 0 bridgehead atoms. The lowest BCUT2D eigenvalue weighted by atomic mass is 9.95. The maximum Gasteiger partial charge on any atom is 0.182 e. The van der Waals surface area contributed by atoms with Crippen molar-refractivity contribution in [2.75, 3.05) is 19.0 Å². The third-order valence-electron chi connectivity index (χ3n) is 2.23. The van der Waals surface area contributed by atoms with Crippen molar-refractivity contribution in [3.8, 4) is 0 Å². The minimum Gasteiger partial charge on any atom is -0.375 e. The van der Waals surface area contributed by atoms with Gasteiger partial charge in [-0.3, -0.25) is 0 Å². The molecule has 0 aliphatic rings. The van der Waals surface area contributed by atoms with Crippen LogP contribution < -0.4 is 10.6 Å². The van der Waals surface area contributed by atoms with Gasteiger partial charge in [-0.15, -0.1) is 0 Å². The molecular weight excluding hydrogens is 198 g/mol. The molecule has 0 aromatic heterocycles. The topological polar surface area (TPSA) is 29.3 Å². The molecule has 15 heavy (non-hydrogen) atoms. The summed E-state index contributed by atoms with van der Waals surface area (Å²) < 4.78 is 26.6. The Balaban J connectivity index is 3.36. The molecule has 84 valence electrons. The number of hydrogen-bond acceptors (Lipinski definition) is 2. The number of halogens is 2. The summed E-state index contributed by atoms with van der Waals surface area (Å²) in [7, 11) is 3.32. The minimum atomic E-state index is -0.866. The average Bonchev–Trinajstić information content (AvgIpc) is 2.06. The Morgan fingerprint density at radius 1 is 1.20 bits per heavy atom. The second kappa shape index (κ2) is 3.77. The highest BCUT2D eigenvalue weighted by Gasteiger charge is 2.20. The summed E-state index contributed by atoms with van der Waals surface area (Å²) in [6.45, 7) is 3.50. The van der Waals surface area contributed by atoms with Gasteiger partial charge >= 0.3 is 0 Å². The van der Waals surface area contributed by atoms with E-state index in [0.29, 0.717) is 5.56 Å². The molecule has 0 saturated heterocycles. The van der Waals surface area contributed by atoms with Crippen LogP contribution in [0.5, 0.6) is 0 Å². The Morgan fingerprint density at radius 3 is 2.13 bits per heavy atom. The van der Waals surface area contributed by atoms with Crippen LogP contribution in [-0.2, 0) is 5.54 Å². The molecule has 0 amide bonds. The molecule has 4 heteroatoms. The molecule has 0 radical (unpaired) electrons. The van der Waals surface area contributed by atoms with Gasteiger partial charge in [-0.25, -0.2) is 8.78 Å². The predicted octanol–water partition coefficient (Wildman–Crippen LogP) is 2.22. The van der Waals surface area contributed by atoms with Crippen molar-refractivity contribution < 1.29 is 8.78 Å². The zero-order chi connectivity index (χ0) is 11.8. The molecule has 0 spiro atoms. The highest BCUT2D eigenvalue weighted by Crippen LogP contribution is 2.27. The lowest BCUT2D eigenvalue weighted by Gasteiger charge is -2.22. The molecule has 1 aromatic rings. The van der Waals surface area contributed by atoms with E-state index >= 15 is 0 Å². The fraction of sp³-hybridized carbons (Fsp3) is 0.455. The zero-order valence-electron chi connectivity index (χ0n) is 9.44. The first-order chi connectivity index (χ1) is 6.73. The number of nitrogens with zero attached hydrogens (tertiary/aromatic N) is 1. The highest BCUT2D eigenvalue weighted by atomic mass is 19.2. The van der Waals surface area contributed by atoms with Crippen molar-refractivity contribution >= 4 is 5.69 Å². The Labute approximate surface area is 88.7 Å². The molecule has 1 aromatic carbocycles. The largest absolute Gasteiger partial charge is 0.375 e. The SMILES string of the molecule is CN(C)c1cc(C(C)(C)N)cc(F)c1F. The van der Waals surface area contributed by atoms with E-state index in [4.69, 9.17) is 5.73 Å². The Morgan fingerprint density at radius 2 is 1.73 bits per heavy atom. The van der Waals surface area contributed by atoms with E-state index in [-0.39, 0.29) is 5.69 Å². The van der Waals surface area contributed by atoms with E-state index in [2.05, 4.69) is 0 Å². The number of benzene rings is 1. The van der Waals surface area contributed by atoms with Crippen LogP contribution in [0.1, 0.15) is 19.4 Å². The lowest BCUT2D eigenvalue weighted by Crippen LogP contribution is -2.29. The summed E-state index contributed by atoms with van der Waals surface area (Å²) in [5.74, 6) is -1.71. The van der Waals surface area contributed by atoms with E-state index in [9.17, 15) is 8.78 Å². The van der Waals surface area contributed by atoms with Crippen molar-refractivity contribution in [2.24, 2.45) is 5.73 Å². The first kappa shape index (κ1) is 11.9. The Hall–Kier alpha value is -1.16. The molecule has 0 heterocycles. The normalized spacial score (nSPS) is 11.7. The van der Waals surface area contributed by atoms with Gasteiger partial charge in [0.1, 0.15) is 0 Å². The molecule has 0 saturated carbocycles. The Kier molecular flexibility index (Phi) is 3.00. The number of nitrogens with two attached hydrogens (primary N) is 1. The van der Waals surface area contributed by atoms with Gasteiger partial charge < -0.3 is 10.6 Å². The molecule has 0 fully saturated rings. The molecule has 0 aliphatic carbocycles. The average molecular weight is 214 g/mol. The molecule has 2 N–H and O–H groups in total.